The summed E-state index contributed by atoms with van der Waals surface area (Å²) in [7, 11) is 0. The molecule has 3 atom stereocenters. The van der Waals surface area contributed by atoms with E-state index in [0.29, 0.717) is 12.2 Å². The second kappa shape index (κ2) is 7.95. The number of carbonyl (C=O) groups is 2. The largest absolute Gasteiger partial charge is 0.394 e. The van der Waals surface area contributed by atoms with Gasteiger partial charge in [0, 0.05) is 29.9 Å². The summed E-state index contributed by atoms with van der Waals surface area (Å²) in [5, 5.41) is 15.6. The van der Waals surface area contributed by atoms with Crippen LogP contribution in [0.25, 0.3) is 0 Å². The molecule has 2 heterocycles. The molecular weight excluding hydrogens is 387 g/mol. The van der Waals surface area contributed by atoms with Crippen LogP contribution in [-0.2, 0) is 0 Å². The maximum Gasteiger partial charge on any atom is 0.326 e. The molecule has 4 rings (SSSR count). The molecule has 30 heavy (non-hydrogen) atoms. The molecule has 0 aliphatic carbocycles. The Morgan fingerprint density at radius 1 is 1.13 bits per heavy atom. The smallest absolute Gasteiger partial charge is 0.326 e. The number of nitrogens with one attached hydrogen (secondary N) is 2. The number of urea groups is 2. The normalized spacial score (nSPS) is 22.1. The van der Waals surface area contributed by atoms with Crippen LogP contribution in [0.1, 0.15) is 25.3 Å². The van der Waals surface area contributed by atoms with Crippen molar-refractivity contribution < 1.29 is 19.1 Å². The number of aliphatic hydroxyl groups excluding tert-OH is 1. The first-order valence-electron chi connectivity index (χ1n) is 10.0. The zero-order chi connectivity index (χ0) is 21.4. The highest BCUT2D eigenvalue weighted by Gasteiger charge is 2.55. The van der Waals surface area contributed by atoms with Gasteiger partial charge < -0.3 is 20.6 Å². The molecule has 0 radical (unpaired) electrons. The summed E-state index contributed by atoms with van der Waals surface area (Å²) in [4.78, 5) is 29.0. The van der Waals surface area contributed by atoms with E-state index in [0.717, 1.165) is 11.3 Å². The molecule has 2 aromatic rings. The summed E-state index contributed by atoms with van der Waals surface area (Å²) < 4.78 is 13.2. The van der Waals surface area contributed by atoms with Gasteiger partial charge in [-0.15, -0.1) is 0 Å². The lowest BCUT2D eigenvalue weighted by Gasteiger charge is -2.58. The highest BCUT2D eigenvalue weighted by Crippen LogP contribution is 2.48. The maximum absolute atomic E-state index is 13.2. The summed E-state index contributed by atoms with van der Waals surface area (Å²) in [6.45, 7) is 3.91. The lowest BCUT2D eigenvalue weighted by molar-refractivity contribution is -0.00739. The highest BCUT2D eigenvalue weighted by atomic mass is 19.1. The summed E-state index contributed by atoms with van der Waals surface area (Å²) in [6, 6.07) is 11.9. The molecule has 0 saturated carbocycles. The molecule has 1 fully saturated rings. The third-order valence-electron chi connectivity index (χ3n) is 5.67. The minimum Gasteiger partial charge on any atom is -0.394 e. The molecule has 2 aromatic carbocycles. The molecular formula is C22H25FN4O3. The minimum atomic E-state index is -0.379. The van der Waals surface area contributed by atoms with Crippen molar-refractivity contribution in [1.82, 2.24) is 10.2 Å². The van der Waals surface area contributed by atoms with Crippen molar-refractivity contribution in [3.05, 3.63) is 59.9 Å². The first kappa shape index (κ1) is 20.2. The van der Waals surface area contributed by atoms with Crippen molar-refractivity contribution in [2.45, 2.75) is 37.9 Å². The van der Waals surface area contributed by atoms with Crippen molar-refractivity contribution in [2.24, 2.45) is 0 Å². The summed E-state index contributed by atoms with van der Waals surface area (Å²) in [6.07, 6.45) is 0. The quantitative estimate of drug-likeness (QED) is 0.724. The minimum absolute atomic E-state index is 0.0374. The highest BCUT2D eigenvalue weighted by molar-refractivity contribution is 6.03. The van der Waals surface area contributed by atoms with Gasteiger partial charge in [0.2, 0.25) is 0 Å². The van der Waals surface area contributed by atoms with E-state index in [1.54, 1.807) is 9.80 Å². The fourth-order valence-electron chi connectivity index (χ4n) is 4.40. The van der Waals surface area contributed by atoms with Crippen LogP contribution < -0.4 is 15.5 Å². The van der Waals surface area contributed by atoms with Gasteiger partial charge in [-0.3, -0.25) is 4.90 Å². The van der Waals surface area contributed by atoms with Crippen LogP contribution >= 0.6 is 0 Å². The van der Waals surface area contributed by atoms with Crippen molar-refractivity contribution >= 4 is 23.4 Å². The van der Waals surface area contributed by atoms with Crippen LogP contribution in [-0.4, -0.2) is 53.3 Å². The standard InChI is InChI=1S/C22H25FN4O3/c1-13(2)24-22(30)27-18-11-26(21(29)25-15-9-7-14(23)8-10-15)17-6-4-3-5-16(17)20(18)19(27)12-28/h3-10,13,18-20,28H,11-12H2,1-2H3,(H,24,30)(H,25,29)/t18-,19-,20+/m0/s1. The van der Waals surface area contributed by atoms with Crippen LogP contribution in [0, 0.1) is 5.82 Å². The average Bonchev–Trinajstić information content (AvgIpc) is 2.69. The number of halogens is 1. The van der Waals surface area contributed by atoms with Gasteiger partial charge in [-0.25, -0.2) is 14.0 Å². The number of likely N-dealkylation sites (tertiary alicyclic amines) is 1. The lowest BCUT2D eigenvalue weighted by Crippen LogP contribution is -2.72. The van der Waals surface area contributed by atoms with E-state index < -0.39 is 0 Å². The lowest BCUT2D eigenvalue weighted by atomic mass is 9.72. The molecule has 0 unspecified atom stereocenters. The van der Waals surface area contributed by atoms with Crippen molar-refractivity contribution in [3.63, 3.8) is 0 Å². The molecule has 2 aliphatic rings. The van der Waals surface area contributed by atoms with Crippen LogP contribution in [0.5, 0.6) is 0 Å². The fraction of sp³-hybridized carbons (Fsp3) is 0.364. The predicted molar refractivity (Wildman–Crippen MR) is 112 cm³/mol. The molecule has 8 heteroatoms. The molecule has 158 valence electrons. The van der Waals surface area contributed by atoms with Crippen molar-refractivity contribution in [3.8, 4) is 0 Å². The molecule has 0 aromatic heterocycles. The van der Waals surface area contributed by atoms with E-state index in [-0.39, 0.29) is 48.5 Å². The van der Waals surface area contributed by atoms with E-state index in [1.807, 2.05) is 38.1 Å². The van der Waals surface area contributed by atoms with Gasteiger partial charge in [-0.05, 0) is 49.7 Å². The van der Waals surface area contributed by atoms with E-state index in [2.05, 4.69) is 10.6 Å². The zero-order valence-electron chi connectivity index (χ0n) is 16.9. The van der Waals surface area contributed by atoms with Crippen LogP contribution in [0.15, 0.2) is 48.5 Å². The number of anilines is 2. The van der Waals surface area contributed by atoms with Gasteiger partial charge in [0.15, 0.2) is 0 Å². The molecule has 1 saturated heterocycles. The van der Waals surface area contributed by atoms with Crippen LogP contribution in [0.4, 0.5) is 25.4 Å². The topological polar surface area (TPSA) is 84.9 Å². The van der Waals surface area contributed by atoms with Crippen LogP contribution in [0.3, 0.4) is 0 Å². The Hall–Kier alpha value is -3.13. The zero-order valence-corrected chi connectivity index (χ0v) is 16.9. The predicted octanol–water partition coefficient (Wildman–Crippen LogP) is 3.12. The van der Waals surface area contributed by atoms with Gasteiger partial charge >= 0.3 is 12.1 Å². The summed E-state index contributed by atoms with van der Waals surface area (Å²) >= 11 is 0. The number of fused-ring (bicyclic) bond motifs is 3. The number of hydrogen-bond donors (Lipinski definition) is 3. The summed E-state index contributed by atoms with van der Waals surface area (Å²) in [5.74, 6) is -0.422. The first-order chi connectivity index (χ1) is 14.4. The number of rotatable bonds is 3. The molecule has 7 nitrogen and oxygen atoms in total. The third-order valence-corrected chi connectivity index (χ3v) is 5.67. The number of carbonyl (C=O) groups excluding carboxylic acids is 2. The Balaban J connectivity index is 1.62. The Morgan fingerprint density at radius 3 is 2.50 bits per heavy atom. The SMILES string of the molecule is CC(C)NC(=O)N1[C@@H](CO)[C@@H]2c3ccccc3N(C(=O)Nc3ccc(F)cc3)C[C@@H]21. The second-order valence-corrected chi connectivity index (χ2v) is 7.96. The maximum atomic E-state index is 13.2. The number of amides is 4. The average molecular weight is 412 g/mol. The van der Waals surface area contributed by atoms with E-state index in [1.165, 1.54) is 24.3 Å². The van der Waals surface area contributed by atoms with Crippen LogP contribution in [0.2, 0.25) is 0 Å². The molecule has 2 aliphatic heterocycles. The Labute approximate surface area is 174 Å². The fourth-order valence-corrected chi connectivity index (χ4v) is 4.40. The first-order valence-corrected chi connectivity index (χ1v) is 10.0. The van der Waals surface area contributed by atoms with E-state index in [9.17, 15) is 19.1 Å². The van der Waals surface area contributed by atoms with Gasteiger partial charge in [-0.1, -0.05) is 18.2 Å². The molecule has 0 spiro atoms. The number of nitrogens with zero attached hydrogens (tertiary/aromatic N) is 2. The van der Waals surface area contributed by atoms with Crippen molar-refractivity contribution in [1.29, 1.82) is 0 Å². The van der Waals surface area contributed by atoms with Gasteiger partial charge in [0.1, 0.15) is 5.82 Å². The molecule has 0 bridgehead atoms. The summed E-state index contributed by atoms with van der Waals surface area (Å²) in [5.41, 5.74) is 2.16. The third kappa shape index (κ3) is 3.47. The molecule has 3 N–H and O–H groups in total. The van der Waals surface area contributed by atoms with E-state index >= 15 is 0 Å². The molecule has 4 amide bonds. The van der Waals surface area contributed by atoms with Gasteiger partial charge in [0.25, 0.3) is 0 Å². The number of hydrogen-bond acceptors (Lipinski definition) is 3. The number of benzene rings is 2. The Morgan fingerprint density at radius 2 is 1.83 bits per heavy atom. The monoisotopic (exact) mass is 412 g/mol. The Kier molecular flexibility index (Phi) is 5.34. The van der Waals surface area contributed by atoms with Gasteiger partial charge in [0.05, 0.1) is 18.7 Å². The second-order valence-electron chi connectivity index (χ2n) is 7.96. The Bertz CT molecular complexity index is 950. The van der Waals surface area contributed by atoms with E-state index in [4.69, 9.17) is 0 Å². The van der Waals surface area contributed by atoms with Gasteiger partial charge in [-0.2, -0.15) is 0 Å². The number of para-hydroxylation sites is 1. The van der Waals surface area contributed by atoms with Crippen molar-refractivity contribution in [2.75, 3.05) is 23.4 Å². The number of aliphatic hydroxyl groups is 1.